The first-order valence-corrected chi connectivity index (χ1v) is 3.05. The summed E-state index contributed by atoms with van der Waals surface area (Å²) in [6.45, 7) is 9.10. The lowest BCUT2D eigenvalue weighted by Gasteiger charge is -2.11. The van der Waals surface area contributed by atoms with Gasteiger partial charge in [-0.3, -0.25) is 0 Å². The van der Waals surface area contributed by atoms with E-state index in [1.807, 2.05) is 0 Å². The van der Waals surface area contributed by atoms with Gasteiger partial charge >= 0.3 is 0 Å². The Morgan fingerprint density at radius 3 is 2.38 bits per heavy atom. The van der Waals surface area contributed by atoms with E-state index in [9.17, 15) is 0 Å². The Labute approximate surface area is 51.0 Å². The van der Waals surface area contributed by atoms with Gasteiger partial charge in [0.2, 0.25) is 0 Å². The van der Waals surface area contributed by atoms with Gasteiger partial charge in [0.15, 0.2) is 0 Å². The summed E-state index contributed by atoms with van der Waals surface area (Å²) in [7, 11) is 0. The molecule has 1 aliphatic rings. The maximum Gasteiger partial charge on any atom is 0.0582 e. The van der Waals surface area contributed by atoms with Gasteiger partial charge in [-0.15, -0.1) is 0 Å². The molecule has 47 valence electrons. The predicted octanol–water partition coefficient (Wildman–Crippen LogP) is 1.64. The summed E-state index contributed by atoms with van der Waals surface area (Å²) in [6.07, 6.45) is 1.34. The Bertz CT molecular complexity index is 86.4. The minimum Gasteiger partial charge on any atom is -0.378 e. The van der Waals surface area contributed by atoms with E-state index in [2.05, 4.69) is 20.8 Å². The van der Waals surface area contributed by atoms with Crippen LogP contribution in [0.25, 0.3) is 0 Å². The topological polar surface area (TPSA) is 9.23 Å². The standard InChI is InChI=1S/C7H13O/c1-6-4-7(2,3)5-8-6/h6H,1,4-5H2,2-3H3. The molecule has 1 rings (SSSR count). The van der Waals surface area contributed by atoms with Gasteiger partial charge in [-0.05, 0) is 18.8 Å². The third-order valence-electron chi connectivity index (χ3n) is 1.49. The highest BCUT2D eigenvalue weighted by molar-refractivity contribution is 4.81. The molecule has 1 fully saturated rings. The molecule has 0 aromatic rings. The molecule has 0 spiro atoms. The molecule has 1 radical (unpaired) electrons. The molecule has 1 aliphatic heterocycles. The first-order chi connectivity index (χ1) is 3.60. The molecule has 0 bridgehead atoms. The van der Waals surface area contributed by atoms with Crippen LogP contribution >= 0.6 is 0 Å². The average Bonchev–Trinajstić information content (AvgIpc) is 1.82. The molecular weight excluding hydrogens is 100 g/mol. The molecular formula is C7H13O. The van der Waals surface area contributed by atoms with Crippen molar-refractivity contribution in [1.82, 2.24) is 0 Å². The van der Waals surface area contributed by atoms with Gasteiger partial charge in [0.25, 0.3) is 0 Å². The van der Waals surface area contributed by atoms with Crippen LogP contribution in [0.1, 0.15) is 20.3 Å². The molecule has 1 saturated heterocycles. The van der Waals surface area contributed by atoms with Crippen LogP contribution in [0.15, 0.2) is 0 Å². The highest BCUT2D eigenvalue weighted by atomic mass is 16.5. The predicted molar refractivity (Wildman–Crippen MR) is 33.5 cm³/mol. The van der Waals surface area contributed by atoms with E-state index in [0.29, 0.717) is 5.41 Å². The molecule has 0 aromatic carbocycles. The summed E-state index contributed by atoms with van der Waals surface area (Å²) >= 11 is 0. The Balaban J connectivity index is 2.44. The highest BCUT2D eigenvalue weighted by Gasteiger charge is 2.28. The second-order valence-corrected chi connectivity index (χ2v) is 3.30. The second-order valence-electron chi connectivity index (χ2n) is 3.30. The van der Waals surface area contributed by atoms with Crippen LogP contribution in [0.4, 0.5) is 0 Å². The molecule has 0 N–H and O–H groups in total. The fourth-order valence-corrected chi connectivity index (χ4v) is 1.08. The van der Waals surface area contributed by atoms with E-state index >= 15 is 0 Å². The fourth-order valence-electron chi connectivity index (χ4n) is 1.08. The minimum absolute atomic E-state index is 0.241. The van der Waals surface area contributed by atoms with Crippen molar-refractivity contribution in [2.24, 2.45) is 5.41 Å². The van der Waals surface area contributed by atoms with Gasteiger partial charge in [-0.1, -0.05) is 13.8 Å². The number of hydrogen-bond donors (Lipinski definition) is 0. The van der Waals surface area contributed by atoms with Gasteiger partial charge in [-0.2, -0.15) is 0 Å². The normalized spacial score (nSPS) is 35.6. The summed E-state index contributed by atoms with van der Waals surface area (Å²) < 4.78 is 5.26. The summed E-state index contributed by atoms with van der Waals surface area (Å²) in [6, 6.07) is 0. The maximum absolute atomic E-state index is 5.26. The summed E-state index contributed by atoms with van der Waals surface area (Å²) in [5.74, 6) is 0. The summed E-state index contributed by atoms with van der Waals surface area (Å²) in [4.78, 5) is 0. The molecule has 1 heterocycles. The summed E-state index contributed by atoms with van der Waals surface area (Å²) in [5.41, 5.74) is 0.381. The van der Waals surface area contributed by atoms with Crippen molar-refractivity contribution in [3.05, 3.63) is 6.92 Å². The van der Waals surface area contributed by atoms with Crippen molar-refractivity contribution < 1.29 is 4.74 Å². The highest BCUT2D eigenvalue weighted by Crippen LogP contribution is 2.30. The van der Waals surface area contributed by atoms with E-state index in [0.717, 1.165) is 13.0 Å². The quantitative estimate of drug-likeness (QED) is 0.464. The van der Waals surface area contributed by atoms with Crippen LogP contribution in [-0.2, 0) is 4.74 Å². The first kappa shape index (κ1) is 6.09. The van der Waals surface area contributed by atoms with Gasteiger partial charge in [0.1, 0.15) is 0 Å². The minimum atomic E-state index is 0.241. The second kappa shape index (κ2) is 1.73. The molecule has 1 nitrogen and oxygen atoms in total. The van der Waals surface area contributed by atoms with Crippen LogP contribution in [-0.4, -0.2) is 12.7 Å². The van der Waals surface area contributed by atoms with Crippen LogP contribution in [0.3, 0.4) is 0 Å². The van der Waals surface area contributed by atoms with E-state index < -0.39 is 0 Å². The van der Waals surface area contributed by atoms with Crippen molar-refractivity contribution in [3.63, 3.8) is 0 Å². The van der Waals surface area contributed by atoms with Crippen molar-refractivity contribution in [1.29, 1.82) is 0 Å². The van der Waals surface area contributed by atoms with Crippen LogP contribution in [0.2, 0.25) is 0 Å². The SMILES string of the molecule is [CH2]C1CC(C)(C)CO1. The van der Waals surface area contributed by atoms with Crippen molar-refractivity contribution in [2.75, 3.05) is 6.61 Å². The summed E-state index contributed by atoms with van der Waals surface area (Å²) in [5, 5.41) is 0. The fraction of sp³-hybridized carbons (Fsp3) is 0.857. The molecule has 0 aliphatic carbocycles. The van der Waals surface area contributed by atoms with E-state index in [-0.39, 0.29) is 6.10 Å². The zero-order valence-corrected chi connectivity index (χ0v) is 5.61. The average molecular weight is 113 g/mol. The molecule has 1 unspecified atom stereocenters. The van der Waals surface area contributed by atoms with Crippen LogP contribution in [0, 0.1) is 12.3 Å². The lowest BCUT2D eigenvalue weighted by molar-refractivity contribution is 0.126. The molecule has 1 heteroatoms. The number of ether oxygens (including phenoxy) is 1. The lowest BCUT2D eigenvalue weighted by atomic mass is 9.91. The zero-order chi connectivity index (χ0) is 6.20. The Morgan fingerprint density at radius 2 is 2.25 bits per heavy atom. The number of hydrogen-bond acceptors (Lipinski definition) is 1. The largest absolute Gasteiger partial charge is 0.378 e. The Morgan fingerprint density at radius 1 is 1.62 bits per heavy atom. The van der Waals surface area contributed by atoms with Gasteiger partial charge in [0, 0.05) is 0 Å². The molecule has 0 amide bonds. The third-order valence-corrected chi connectivity index (χ3v) is 1.49. The van der Waals surface area contributed by atoms with Crippen molar-refractivity contribution in [3.8, 4) is 0 Å². The van der Waals surface area contributed by atoms with E-state index in [1.54, 1.807) is 0 Å². The first-order valence-electron chi connectivity index (χ1n) is 3.05. The lowest BCUT2D eigenvalue weighted by Crippen LogP contribution is -2.09. The smallest absolute Gasteiger partial charge is 0.0582 e. The Hall–Kier alpha value is -0.0400. The third kappa shape index (κ3) is 1.22. The molecule has 8 heavy (non-hydrogen) atoms. The maximum atomic E-state index is 5.26. The van der Waals surface area contributed by atoms with E-state index in [1.165, 1.54) is 0 Å². The molecule has 0 saturated carbocycles. The molecule has 1 atom stereocenters. The zero-order valence-electron chi connectivity index (χ0n) is 5.61. The van der Waals surface area contributed by atoms with Gasteiger partial charge in [0.05, 0.1) is 12.7 Å². The molecule has 0 aromatic heterocycles. The Kier molecular flexibility index (Phi) is 1.31. The van der Waals surface area contributed by atoms with Gasteiger partial charge < -0.3 is 4.74 Å². The van der Waals surface area contributed by atoms with Crippen molar-refractivity contribution >= 4 is 0 Å². The van der Waals surface area contributed by atoms with Gasteiger partial charge in [-0.25, -0.2) is 0 Å². The number of rotatable bonds is 0. The monoisotopic (exact) mass is 113 g/mol. The van der Waals surface area contributed by atoms with Crippen LogP contribution in [0.5, 0.6) is 0 Å². The van der Waals surface area contributed by atoms with E-state index in [4.69, 9.17) is 4.74 Å². The van der Waals surface area contributed by atoms with Crippen LogP contribution < -0.4 is 0 Å². The van der Waals surface area contributed by atoms with Crippen molar-refractivity contribution in [2.45, 2.75) is 26.4 Å².